The molecule has 4 rings (SSSR count). The summed E-state index contributed by atoms with van der Waals surface area (Å²) >= 11 is 0. The summed E-state index contributed by atoms with van der Waals surface area (Å²) in [5, 5.41) is 46.2. The number of rotatable bonds is 9. The number of aliphatic hydroxyl groups excluding tert-OH is 2. The lowest BCUT2D eigenvalue weighted by Crippen LogP contribution is -2.65. The second-order valence-electron chi connectivity index (χ2n) is 14.6. The number of halogens is 3. The zero-order valence-corrected chi connectivity index (χ0v) is 29.8. The first-order chi connectivity index (χ1) is 23.8. The number of likely N-dealkylation sites (N-methyl/N-ethyl adjacent to an activating group) is 1. The van der Waals surface area contributed by atoms with Gasteiger partial charge in [-0.1, -0.05) is 0 Å². The van der Waals surface area contributed by atoms with E-state index in [1.54, 1.807) is 19.0 Å². The lowest BCUT2D eigenvalue weighted by molar-refractivity contribution is -0.162. The van der Waals surface area contributed by atoms with Gasteiger partial charge in [0, 0.05) is 43.4 Å². The molecule has 0 unspecified atom stereocenters. The molecule has 0 spiro atoms. The number of Topliss-reactive ketones (excluding diaryl/α,β-unsaturated/α-hetero) is 2. The number of primary amides is 1. The van der Waals surface area contributed by atoms with Crippen LogP contribution in [0.25, 0.3) is 5.76 Å². The highest BCUT2D eigenvalue weighted by molar-refractivity contribution is 6.24. The summed E-state index contributed by atoms with van der Waals surface area (Å²) < 4.78 is 49.7. The van der Waals surface area contributed by atoms with Gasteiger partial charge in [0.2, 0.25) is 12.6 Å². The number of ether oxygens (including phenoxy) is 2. The van der Waals surface area contributed by atoms with Crippen LogP contribution >= 0.6 is 0 Å². The van der Waals surface area contributed by atoms with Gasteiger partial charge in [0.25, 0.3) is 5.91 Å². The Kier molecular flexibility index (Phi) is 10.7. The van der Waals surface area contributed by atoms with E-state index in [0.717, 1.165) is 0 Å². The second-order valence-corrected chi connectivity index (χ2v) is 14.6. The number of phenolic OH excluding ortho intramolecular Hbond substituents is 1. The van der Waals surface area contributed by atoms with E-state index in [1.807, 2.05) is 0 Å². The van der Waals surface area contributed by atoms with Crippen LogP contribution in [0.4, 0.5) is 23.7 Å². The predicted octanol–water partition coefficient (Wildman–Crippen LogP) is 2.47. The van der Waals surface area contributed by atoms with Crippen molar-refractivity contribution >= 4 is 41.0 Å². The summed E-state index contributed by atoms with van der Waals surface area (Å²) in [5.74, 6) is -9.24. The minimum atomic E-state index is -4.70. The minimum Gasteiger partial charge on any atom is -0.508 e. The lowest BCUT2D eigenvalue weighted by atomic mass is 9.57. The molecule has 1 fully saturated rings. The normalized spacial score (nSPS) is 23.2. The van der Waals surface area contributed by atoms with E-state index in [1.165, 1.54) is 45.8 Å². The lowest BCUT2D eigenvalue weighted by Gasteiger charge is -2.50. The molecule has 18 heteroatoms. The quantitative estimate of drug-likeness (QED) is 0.140. The van der Waals surface area contributed by atoms with Gasteiger partial charge in [0.1, 0.15) is 22.8 Å². The molecular formula is C34H43F3N4O11. The summed E-state index contributed by atoms with van der Waals surface area (Å²) in [4.78, 5) is 68.5. The first kappa shape index (κ1) is 39.9. The molecule has 52 heavy (non-hydrogen) atoms. The number of aromatic hydroxyl groups is 1. The van der Waals surface area contributed by atoms with Gasteiger partial charge in [-0.25, -0.2) is 4.79 Å². The van der Waals surface area contributed by atoms with E-state index in [0.29, 0.717) is 16.2 Å². The smallest absolute Gasteiger partial charge is 0.412 e. The molecule has 1 aromatic rings. The van der Waals surface area contributed by atoms with Gasteiger partial charge in [0.05, 0.1) is 30.0 Å². The highest BCUT2D eigenvalue weighted by Gasteiger charge is 2.64. The van der Waals surface area contributed by atoms with E-state index >= 15 is 0 Å². The number of hydrogen-bond acceptors (Lipinski definition) is 13. The van der Waals surface area contributed by atoms with Crippen LogP contribution in [-0.2, 0) is 41.6 Å². The molecule has 4 atom stereocenters. The largest absolute Gasteiger partial charge is 0.508 e. The molecule has 2 amide bonds. The molecule has 1 saturated carbocycles. The van der Waals surface area contributed by atoms with Crippen LogP contribution in [0.15, 0.2) is 23.0 Å². The average Bonchev–Trinajstić information content (AvgIpc) is 3.00. The Labute approximate surface area is 297 Å². The van der Waals surface area contributed by atoms with Gasteiger partial charge in [0.15, 0.2) is 11.4 Å². The number of carbonyl (C=O) groups excluding carboxylic acids is 5. The molecule has 0 bridgehead atoms. The molecule has 6 N–H and O–H groups in total. The fourth-order valence-corrected chi connectivity index (χ4v) is 7.01. The Balaban J connectivity index is 1.82. The van der Waals surface area contributed by atoms with Crippen LogP contribution in [-0.4, -0.2) is 119 Å². The Morgan fingerprint density at radius 3 is 2.17 bits per heavy atom. The summed E-state index contributed by atoms with van der Waals surface area (Å²) in [7, 11) is 6.16. The number of phenols is 1. The maximum absolute atomic E-state index is 14.2. The summed E-state index contributed by atoms with van der Waals surface area (Å²) in [5.41, 5.74) is 0.268. The number of alkyl halides is 3. The van der Waals surface area contributed by atoms with Crippen molar-refractivity contribution in [3.8, 4) is 5.75 Å². The number of anilines is 1. The Morgan fingerprint density at radius 2 is 1.65 bits per heavy atom. The van der Waals surface area contributed by atoms with Crippen LogP contribution in [0, 0.1) is 17.3 Å². The van der Waals surface area contributed by atoms with Crippen molar-refractivity contribution in [3.05, 3.63) is 39.7 Å². The molecule has 3 aliphatic rings. The molecule has 3 aliphatic carbocycles. The van der Waals surface area contributed by atoms with Crippen LogP contribution in [0.5, 0.6) is 5.75 Å². The second kappa shape index (κ2) is 13.9. The third-order valence-electron chi connectivity index (χ3n) is 9.53. The van der Waals surface area contributed by atoms with Crippen molar-refractivity contribution in [2.45, 2.75) is 64.4 Å². The first-order valence-electron chi connectivity index (χ1n) is 16.2. The number of esters is 1. The molecule has 0 radical (unpaired) electrons. The summed E-state index contributed by atoms with van der Waals surface area (Å²) in [6.07, 6.45) is -7.69. The molecule has 286 valence electrons. The zero-order valence-electron chi connectivity index (χ0n) is 29.8. The average molecular weight is 741 g/mol. The fraction of sp³-hybridized carbons (Fsp3) is 0.559. The van der Waals surface area contributed by atoms with Gasteiger partial charge < -0.3 is 45.4 Å². The van der Waals surface area contributed by atoms with Gasteiger partial charge in [-0.2, -0.15) is 13.2 Å². The van der Waals surface area contributed by atoms with Crippen molar-refractivity contribution in [2.75, 3.05) is 46.4 Å². The molecule has 0 aromatic heterocycles. The van der Waals surface area contributed by atoms with E-state index in [9.17, 15) is 57.6 Å². The predicted molar refractivity (Wildman–Crippen MR) is 177 cm³/mol. The minimum absolute atomic E-state index is 0.0468. The summed E-state index contributed by atoms with van der Waals surface area (Å²) in [6.45, 7) is 2.06. The number of nitrogens with zero attached hydrogens (tertiary/aromatic N) is 3. The number of benzene rings is 1. The van der Waals surface area contributed by atoms with Crippen molar-refractivity contribution < 1.29 is 67.0 Å². The van der Waals surface area contributed by atoms with E-state index in [-0.39, 0.29) is 24.0 Å². The van der Waals surface area contributed by atoms with Crippen LogP contribution in [0.1, 0.15) is 50.3 Å². The van der Waals surface area contributed by atoms with E-state index < -0.39 is 119 Å². The van der Waals surface area contributed by atoms with Gasteiger partial charge in [-0.05, 0) is 65.3 Å². The monoisotopic (exact) mass is 740 g/mol. The standard InChI is InChI=1S/C34H43F3N4O11/c1-32(2,3)30(48)51-14-52-31(49)41(9-8-33(35,36)37)13-16-12-19(39(4)5)17-10-15-11-18-23(40(6)7)26(44)22(29(38)47)28(46)34(18,50)27(45)20(15)25(43)21(17)24(16)42/h12,15,18,23,42-43,46,50H,8-11,13-14H2,1-7H3,(H2,38,47)/t15-,18-,23+,34-/m0/s1. The van der Waals surface area contributed by atoms with Crippen LogP contribution in [0.3, 0.4) is 0 Å². The van der Waals surface area contributed by atoms with Crippen LogP contribution < -0.4 is 10.6 Å². The maximum Gasteiger partial charge on any atom is 0.412 e. The molecule has 0 saturated heterocycles. The highest BCUT2D eigenvalue weighted by Crippen LogP contribution is 2.54. The maximum atomic E-state index is 14.2. The number of amides is 2. The van der Waals surface area contributed by atoms with Crippen molar-refractivity contribution in [1.82, 2.24) is 9.80 Å². The molecule has 1 aromatic carbocycles. The summed E-state index contributed by atoms with van der Waals surface area (Å²) in [6, 6.07) is 0.113. The van der Waals surface area contributed by atoms with Crippen molar-refractivity contribution in [1.29, 1.82) is 0 Å². The van der Waals surface area contributed by atoms with Crippen molar-refractivity contribution in [3.63, 3.8) is 0 Å². The Hall–Kier alpha value is -4.84. The number of ketones is 2. The number of nitrogens with two attached hydrogens (primary N) is 1. The molecule has 15 nitrogen and oxygen atoms in total. The van der Waals surface area contributed by atoms with E-state index in [2.05, 4.69) is 0 Å². The Morgan fingerprint density at radius 1 is 1.04 bits per heavy atom. The SMILES string of the molecule is CN(C)c1cc(CN(CCC(F)(F)F)C(=O)OCOC(=O)C(C)(C)C)c(O)c2c1C[C@H]1C[C@H]3[C@@H](N(C)C)C(=O)C(C(N)=O)=C(O)[C@@]3(O)C(=O)C1=C2O. The third-order valence-corrected chi connectivity index (χ3v) is 9.53. The molecular weight excluding hydrogens is 697 g/mol. The zero-order chi connectivity index (χ0) is 39.4. The highest BCUT2D eigenvalue weighted by atomic mass is 19.4. The number of aliphatic hydroxyl groups is 3. The molecule has 0 heterocycles. The molecule has 0 aliphatic heterocycles. The van der Waals surface area contributed by atoms with Crippen molar-refractivity contribution in [2.24, 2.45) is 23.0 Å². The van der Waals surface area contributed by atoms with Gasteiger partial charge >= 0.3 is 18.2 Å². The number of hydrogen-bond donors (Lipinski definition) is 5. The van der Waals surface area contributed by atoms with Gasteiger partial charge in [-0.15, -0.1) is 0 Å². The topological polar surface area (TPSA) is 220 Å². The number of fused-ring (bicyclic) bond motifs is 3. The van der Waals surface area contributed by atoms with Crippen LogP contribution in [0.2, 0.25) is 0 Å². The fourth-order valence-electron chi connectivity index (χ4n) is 7.01. The Bertz CT molecular complexity index is 1760. The first-order valence-corrected chi connectivity index (χ1v) is 16.2. The van der Waals surface area contributed by atoms with E-state index in [4.69, 9.17) is 15.2 Å². The number of carbonyl (C=O) groups is 5. The van der Waals surface area contributed by atoms with Gasteiger partial charge in [-0.3, -0.25) is 24.1 Å². The third kappa shape index (κ3) is 7.13.